The predicted molar refractivity (Wildman–Crippen MR) is 64.3 cm³/mol. The Hall–Kier alpha value is -1.10. The number of piperidine rings is 1. The molecule has 2 amide bonds. The van der Waals surface area contributed by atoms with Crippen LogP contribution in [0.5, 0.6) is 0 Å². The van der Waals surface area contributed by atoms with Gasteiger partial charge < -0.3 is 16.0 Å². The van der Waals surface area contributed by atoms with Crippen LogP contribution in [-0.4, -0.2) is 38.0 Å². The van der Waals surface area contributed by atoms with Crippen molar-refractivity contribution in [3.63, 3.8) is 0 Å². The van der Waals surface area contributed by atoms with Crippen molar-refractivity contribution in [1.82, 2.24) is 16.0 Å². The highest BCUT2D eigenvalue weighted by molar-refractivity contribution is 5.89. The molecule has 0 bridgehead atoms. The van der Waals surface area contributed by atoms with Gasteiger partial charge in [-0.05, 0) is 24.8 Å². The first-order chi connectivity index (χ1) is 8.09. The molecule has 0 spiro atoms. The zero-order valence-electron chi connectivity index (χ0n) is 10.3. The number of rotatable bonds is 3. The Labute approximate surface area is 102 Å². The lowest BCUT2D eigenvalue weighted by atomic mass is 9.82. The minimum atomic E-state index is -0.178. The quantitative estimate of drug-likeness (QED) is 0.629. The Morgan fingerprint density at radius 3 is 3.00 bits per heavy atom. The van der Waals surface area contributed by atoms with E-state index in [-0.39, 0.29) is 23.1 Å². The van der Waals surface area contributed by atoms with Gasteiger partial charge in [0.15, 0.2) is 0 Å². The zero-order valence-corrected chi connectivity index (χ0v) is 10.3. The Bertz CT molecular complexity index is 311. The largest absolute Gasteiger partial charge is 0.355 e. The molecule has 0 saturated carbocycles. The number of carbonyl (C=O) groups is 2. The lowest BCUT2D eigenvalue weighted by Crippen LogP contribution is -2.47. The average molecular weight is 239 g/mol. The van der Waals surface area contributed by atoms with Gasteiger partial charge in [-0.2, -0.15) is 0 Å². The van der Waals surface area contributed by atoms with Gasteiger partial charge in [-0.25, -0.2) is 0 Å². The molecular weight excluding hydrogens is 218 g/mol. The normalized spacial score (nSPS) is 33.2. The van der Waals surface area contributed by atoms with Crippen molar-refractivity contribution in [2.24, 2.45) is 11.3 Å². The summed E-state index contributed by atoms with van der Waals surface area (Å²) in [4.78, 5) is 22.9. The summed E-state index contributed by atoms with van der Waals surface area (Å²) in [6, 6.07) is 0. The van der Waals surface area contributed by atoms with Gasteiger partial charge >= 0.3 is 0 Å². The summed E-state index contributed by atoms with van der Waals surface area (Å²) >= 11 is 0. The maximum atomic E-state index is 11.9. The smallest absolute Gasteiger partial charge is 0.225 e. The van der Waals surface area contributed by atoms with E-state index in [1.54, 1.807) is 0 Å². The number of amides is 2. The third-order valence-corrected chi connectivity index (χ3v) is 3.72. The summed E-state index contributed by atoms with van der Waals surface area (Å²) in [6.07, 6.45) is 2.64. The number of carbonyl (C=O) groups excluding carboxylic acids is 2. The maximum Gasteiger partial charge on any atom is 0.225 e. The molecule has 0 aromatic rings. The first-order valence-electron chi connectivity index (χ1n) is 6.34. The van der Waals surface area contributed by atoms with Crippen LogP contribution in [0.2, 0.25) is 0 Å². The molecule has 2 rings (SSSR count). The molecule has 2 saturated heterocycles. The molecule has 5 heteroatoms. The van der Waals surface area contributed by atoms with Crippen LogP contribution >= 0.6 is 0 Å². The van der Waals surface area contributed by atoms with Crippen LogP contribution in [0.4, 0.5) is 0 Å². The highest BCUT2D eigenvalue weighted by Crippen LogP contribution is 2.24. The van der Waals surface area contributed by atoms with E-state index in [1.165, 1.54) is 0 Å². The van der Waals surface area contributed by atoms with Gasteiger partial charge in [-0.15, -0.1) is 0 Å². The lowest BCUT2D eigenvalue weighted by Gasteiger charge is -2.34. The van der Waals surface area contributed by atoms with Crippen molar-refractivity contribution in [1.29, 1.82) is 0 Å². The number of nitrogens with one attached hydrogen (secondary N) is 3. The molecule has 2 unspecified atom stereocenters. The molecule has 0 aromatic heterocycles. The van der Waals surface area contributed by atoms with E-state index in [1.807, 2.05) is 0 Å². The van der Waals surface area contributed by atoms with E-state index < -0.39 is 0 Å². The summed E-state index contributed by atoms with van der Waals surface area (Å²) in [7, 11) is 0. The third-order valence-electron chi connectivity index (χ3n) is 3.72. The number of hydrogen-bond donors (Lipinski definition) is 3. The second-order valence-corrected chi connectivity index (χ2v) is 5.51. The van der Waals surface area contributed by atoms with Crippen LogP contribution in [0.25, 0.3) is 0 Å². The van der Waals surface area contributed by atoms with Crippen molar-refractivity contribution in [3.8, 4) is 0 Å². The van der Waals surface area contributed by atoms with Crippen molar-refractivity contribution in [2.75, 3.05) is 26.2 Å². The average Bonchev–Trinajstić information content (AvgIpc) is 2.74. The molecule has 5 nitrogen and oxygen atoms in total. The Balaban J connectivity index is 1.77. The van der Waals surface area contributed by atoms with Gasteiger partial charge in [0.05, 0.1) is 5.92 Å². The Kier molecular flexibility index (Phi) is 3.66. The summed E-state index contributed by atoms with van der Waals surface area (Å²) in [5, 5.41) is 9.03. The van der Waals surface area contributed by atoms with Gasteiger partial charge in [0, 0.05) is 26.1 Å². The molecule has 0 radical (unpaired) electrons. The fraction of sp³-hybridized carbons (Fsp3) is 0.833. The van der Waals surface area contributed by atoms with E-state index >= 15 is 0 Å². The second-order valence-electron chi connectivity index (χ2n) is 5.51. The molecule has 2 heterocycles. The highest BCUT2D eigenvalue weighted by atomic mass is 16.2. The molecule has 17 heavy (non-hydrogen) atoms. The first-order valence-corrected chi connectivity index (χ1v) is 6.34. The van der Waals surface area contributed by atoms with Crippen LogP contribution < -0.4 is 16.0 Å². The van der Waals surface area contributed by atoms with Crippen LogP contribution in [0, 0.1) is 11.3 Å². The van der Waals surface area contributed by atoms with Gasteiger partial charge in [0.25, 0.3) is 0 Å². The summed E-state index contributed by atoms with van der Waals surface area (Å²) < 4.78 is 0. The van der Waals surface area contributed by atoms with Gasteiger partial charge in [-0.1, -0.05) is 6.92 Å². The van der Waals surface area contributed by atoms with Crippen molar-refractivity contribution < 1.29 is 9.59 Å². The first kappa shape index (κ1) is 12.4. The topological polar surface area (TPSA) is 70.2 Å². The maximum absolute atomic E-state index is 11.9. The van der Waals surface area contributed by atoms with Gasteiger partial charge in [0.1, 0.15) is 0 Å². The number of hydrogen-bond acceptors (Lipinski definition) is 3. The van der Waals surface area contributed by atoms with E-state index in [2.05, 4.69) is 22.9 Å². The molecule has 3 N–H and O–H groups in total. The molecule has 2 aliphatic heterocycles. The van der Waals surface area contributed by atoms with E-state index in [4.69, 9.17) is 0 Å². The van der Waals surface area contributed by atoms with Crippen LogP contribution in [0.3, 0.4) is 0 Å². The molecule has 2 fully saturated rings. The minimum absolute atomic E-state index is 0.00940. The zero-order chi connectivity index (χ0) is 12.3. The second kappa shape index (κ2) is 5.04. The molecule has 0 aliphatic carbocycles. The summed E-state index contributed by atoms with van der Waals surface area (Å²) in [5.41, 5.74) is 0.157. The molecular formula is C12H21N3O2. The fourth-order valence-electron chi connectivity index (χ4n) is 2.51. The van der Waals surface area contributed by atoms with Crippen LogP contribution in [0.15, 0.2) is 0 Å². The van der Waals surface area contributed by atoms with Crippen LogP contribution in [-0.2, 0) is 9.59 Å². The summed E-state index contributed by atoms with van der Waals surface area (Å²) in [5.74, 6) is -0.187. The molecule has 0 aromatic carbocycles. The lowest BCUT2D eigenvalue weighted by molar-refractivity contribution is -0.126. The molecule has 96 valence electrons. The Morgan fingerprint density at radius 2 is 2.41 bits per heavy atom. The monoisotopic (exact) mass is 239 g/mol. The fourth-order valence-corrected chi connectivity index (χ4v) is 2.51. The SMILES string of the molecule is CC1(CNC(=O)C2CNC(=O)C2)CCCNC1. The van der Waals surface area contributed by atoms with Crippen LogP contribution in [0.1, 0.15) is 26.2 Å². The third kappa shape index (κ3) is 3.19. The molecule has 2 atom stereocenters. The van der Waals surface area contributed by atoms with Crippen molar-refractivity contribution in [3.05, 3.63) is 0 Å². The van der Waals surface area contributed by atoms with E-state index in [9.17, 15) is 9.59 Å². The Morgan fingerprint density at radius 1 is 1.59 bits per heavy atom. The van der Waals surface area contributed by atoms with Gasteiger partial charge in [-0.3, -0.25) is 9.59 Å². The van der Waals surface area contributed by atoms with Crippen molar-refractivity contribution >= 4 is 11.8 Å². The van der Waals surface area contributed by atoms with Gasteiger partial charge in [0.2, 0.25) is 11.8 Å². The molecule has 2 aliphatic rings. The van der Waals surface area contributed by atoms with Crippen molar-refractivity contribution in [2.45, 2.75) is 26.2 Å². The van der Waals surface area contributed by atoms with E-state index in [0.29, 0.717) is 19.5 Å². The summed E-state index contributed by atoms with van der Waals surface area (Å²) in [6.45, 7) is 5.40. The van der Waals surface area contributed by atoms with E-state index in [0.717, 1.165) is 25.9 Å². The standard InChI is InChI=1S/C12H21N3O2/c1-12(3-2-4-13-7-12)8-15-11(17)9-5-10(16)14-6-9/h9,13H,2-8H2,1H3,(H,14,16)(H,15,17). The minimum Gasteiger partial charge on any atom is -0.355 e. The highest BCUT2D eigenvalue weighted by Gasteiger charge is 2.31. The predicted octanol–water partition coefficient (Wildman–Crippen LogP) is -0.372.